The lowest BCUT2D eigenvalue weighted by molar-refractivity contribution is -0.119. The minimum absolute atomic E-state index is 0.183. The second-order valence-corrected chi connectivity index (χ2v) is 9.42. The third-order valence-electron chi connectivity index (χ3n) is 4.48. The van der Waals surface area contributed by atoms with Crippen LogP contribution >= 0.6 is 11.8 Å². The zero-order valence-electron chi connectivity index (χ0n) is 17.6. The number of hydrogen-bond donors (Lipinski definition) is 0. The average Bonchev–Trinajstić information content (AvgIpc) is 2.90. The Bertz CT molecular complexity index is 945. The fourth-order valence-electron chi connectivity index (χ4n) is 3.12. The van der Waals surface area contributed by atoms with Gasteiger partial charge in [-0.05, 0) is 42.2 Å². The molecule has 2 amide bonds. The fraction of sp³-hybridized carbons (Fsp3) is 0.333. The summed E-state index contributed by atoms with van der Waals surface area (Å²) in [5, 5.41) is 0.183. The summed E-state index contributed by atoms with van der Waals surface area (Å²) >= 11 is 1.44. The highest BCUT2D eigenvalue weighted by Crippen LogP contribution is 2.40. The third-order valence-corrected chi connectivity index (χ3v) is 5.56. The van der Waals surface area contributed by atoms with Gasteiger partial charge in [0.1, 0.15) is 5.75 Å². The van der Waals surface area contributed by atoms with Crippen LogP contribution in [-0.2, 0) is 9.59 Å². The first-order valence-electron chi connectivity index (χ1n) is 9.88. The molecule has 0 fully saturated rings. The Morgan fingerprint density at radius 2 is 1.59 bits per heavy atom. The lowest BCUT2D eigenvalue weighted by Crippen LogP contribution is -2.32. The fourth-order valence-corrected chi connectivity index (χ4v) is 4.11. The maximum Gasteiger partial charge on any atom is 0.272 e. The standard InChI is InChI=1S/C24H27NO3S/c1-15(2)14-28-19-12-10-18(11-13-19)21-22(29-16(3)4)24(27)25(23(21)26)20-9-7-6-8-17(20)5/h6-13,15-16H,14H2,1-5H3. The van der Waals surface area contributed by atoms with E-state index >= 15 is 0 Å². The molecule has 0 spiro atoms. The summed E-state index contributed by atoms with van der Waals surface area (Å²) in [4.78, 5) is 28.4. The normalized spacial score (nSPS) is 14.5. The van der Waals surface area contributed by atoms with E-state index in [1.165, 1.54) is 16.7 Å². The lowest BCUT2D eigenvalue weighted by Gasteiger charge is -2.17. The van der Waals surface area contributed by atoms with Crippen molar-refractivity contribution in [3.8, 4) is 5.75 Å². The average molecular weight is 410 g/mol. The van der Waals surface area contributed by atoms with Gasteiger partial charge < -0.3 is 4.74 Å². The molecule has 1 aliphatic heterocycles. The number of aryl methyl sites for hydroxylation is 1. The van der Waals surface area contributed by atoms with Crippen molar-refractivity contribution < 1.29 is 14.3 Å². The van der Waals surface area contributed by atoms with Crippen molar-refractivity contribution in [2.75, 3.05) is 11.5 Å². The van der Waals surface area contributed by atoms with Crippen LogP contribution in [0.2, 0.25) is 0 Å². The van der Waals surface area contributed by atoms with E-state index in [9.17, 15) is 9.59 Å². The summed E-state index contributed by atoms with van der Waals surface area (Å²) in [6.07, 6.45) is 0. The van der Waals surface area contributed by atoms with Gasteiger partial charge in [0.2, 0.25) is 0 Å². The van der Waals surface area contributed by atoms with Crippen molar-refractivity contribution in [1.82, 2.24) is 0 Å². The number of anilines is 1. The molecule has 152 valence electrons. The summed E-state index contributed by atoms with van der Waals surface area (Å²) in [7, 11) is 0. The van der Waals surface area contributed by atoms with Crippen LogP contribution in [0.1, 0.15) is 38.8 Å². The number of hydrogen-bond acceptors (Lipinski definition) is 4. The van der Waals surface area contributed by atoms with Crippen LogP contribution < -0.4 is 9.64 Å². The highest BCUT2D eigenvalue weighted by Gasteiger charge is 2.40. The highest BCUT2D eigenvalue weighted by molar-refractivity contribution is 8.04. The second-order valence-electron chi connectivity index (χ2n) is 7.83. The smallest absolute Gasteiger partial charge is 0.272 e. The zero-order valence-corrected chi connectivity index (χ0v) is 18.4. The van der Waals surface area contributed by atoms with Gasteiger partial charge in [-0.15, -0.1) is 11.8 Å². The summed E-state index contributed by atoms with van der Waals surface area (Å²) in [5.74, 6) is 0.665. The molecule has 1 aliphatic rings. The molecule has 5 heteroatoms. The minimum Gasteiger partial charge on any atom is -0.493 e. The molecule has 0 atom stereocenters. The monoisotopic (exact) mass is 409 g/mol. The number of carbonyl (C=O) groups excluding carboxylic acids is 2. The van der Waals surface area contributed by atoms with E-state index in [1.807, 2.05) is 69.3 Å². The molecule has 0 radical (unpaired) electrons. The van der Waals surface area contributed by atoms with E-state index in [2.05, 4.69) is 13.8 Å². The number of para-hydroxylation sites is 1. The van der Waals surface area contributed by atoms with Gasteiger partial charge in [0.25, 0.3) is 11.8 Å². The molecule has 1 heterocycles. The molecule has 2 aromatic rings. The van der Waals surface area contributed by atoms with Crippen molar-refractivity contribution in [2.24, 2.45) is 5.92 Å². The van der Waals surface area contributed by atoms with Gasteiger partial charge in [0.05, 0.1) is 22.8 Å². The van der Waals surface area contributed by atoms with Crippen molar-refractivity contribution in [3.63, 3.8) is 0 Å². The van der Waals surface area contributed by atoms with E-state index < -0.39 is 0 Å². The Morgan fingerprint density at radius 3 is 2.17 bits per heavy atom. The molecule has 0 unspecified atom stereocenters. The number of ether oxygens (including phenoxy) is 1. The number of imide groups is 1. The summed E-state index contributed by atoms with van der Waals surface area (Å²) in [5.41, 5.74) is 2.73. The van der Waals surface area contributed by atoms with Crippen LogP contribution in [0.25, 0.3) is 5.57 Å². The first kappa shape index (κ1) is 21.2. The summed E-state index contributed by atoms with van der Waals surface area (Å²) < 4.78 is 5.75. The summed E-state index contributed by atoms with van der Waals surface area (Å²) in [6, 6.07) is 14.9. The SMILES string of the molecule is Cc1ccccc1N1C(=O)C(SC(C)C)=C(c2ccc(OCC(C)C)cc2)C1=O. The molecule has 29 heavy (non-hydrogen) atoms. The van der Waals surface area contributed by atoms with Crippen LogP contribution in [0.3, 0.4) is 0 Å². The molecule has 0 aromatic heterocycles. The Hall–Kier alpha value is -2.53. The van der Waals surface area contributed by atoms with Gasteiger partial charge in [0, 0.05) is 5.25 Å². The first-order valence-corrected chi connectivity index (χ1v) is 10.8. The Balaban J connectivity index is 1.99. The molecule has 0 saturated carbocycles. The number of benzene rings is 2. The molecule has 0 bridgehead atoms. The van der Waals surface area contributed by atoms with Gasteiger partial charge in [-0.1, -0.05) is 58.0 Å². The molecule has 3 rings (SSSR count). The molecule has 0 aliphatic carbocycles. The second kappa shape index (κ2) is 8.87. The maximum atomic E-state index is 13.4. The van der Waals surface area contributed by atoms with Crippen LogP contribution in [0, 0.1) is 12.8 Å². The van der Waals surface area contributed by atoms with Gasteiger partial charge in [0.15, 0.2) is 0 Å². The number of nitrogens with zero attached hydrogens (tertiary/aromatic N) is 1. The van der Waals surface area contributed by atoms with Crippen LogP contribution in [0.15, 0.2) is 53.4 Å². The first-order chi connectivity index (χ1) is 13.8. The Morgan fingerprint density at radius 1 is 0.931 bits per heavy atom. The van der Waals surface area contributed by atoms with Crippen molar-refractivity contribution in [1.29, 1.82) is 0 Å². The van der Waals surface area contributed by atoms with Crippen LogP contribution in [-0.4, -0.2) is 23.7 Å². The Kier molecular flexibility index (Phi) is 6.48. The summed E-state index contributed by atoms with van der Waals surface area (Å²) in [6.45, 7) is 10.8. The zero-order chi connectivity index (χ0) is 21.1. The molecular formula is C24H27NO3S. The van der Waals surface area contributed by atoms with Gasteiger partial charge in [-0.25, -0.2) is 4.90 Å². The lowest BCUT2D eigenvalue weighted by atomic mass is 10.1. The minimum atomic E-state index is -0.275. The predicted molar refractivity (Wildman–Crippen MR) is 120 cm³/mol. The quantitative estimate of drug-likeness (QED) is 0.570. The van der Waals surface area contributed by atoms with E-state index in [1.54, 1.807) is 0 Å². The molecule has 0 saturated heterocycles. The largest absolute Gasteiger partial charge is 0.493 e. The van der Waals surface area contributed by atoms with Gasteiger partial charge >= 0.3 is 0 Å². The van der Waals surface area contributed by atoms with E-state index in [4.69, 9.17) is 4.74 Å². The van der Waals surface area contributed by atoms with Crippen molar-refractivity contribution >= 4 is 34.8 Å². The topological polar surface area (TPSA) is 46.6 Å². The molecule has 2 aromatic carbocycles. The molecule has 4 nitrogen and oxygen atoms in total. The number of thioether (sulfide) groups is 1. The maximum absolute atomic E-state index is 13.4. The Labute approximate surface area is 176 Å². The molecule has 0 N–H and O–H groups in total. The third kappa shape index (κ3) is 4.56. The number of carbonyl (C=O) groups is 2. The number of rotatable bonds is 7. The van der Waals surface area contributed by atoms with Gasteiger partial charge in [-0.2, -0.15) is 0 Å². The van der Waals surface area contributed by atoms with Crippen molar-refractivity contribution in [2.45, 2.75) is 39.9 Å². The molecular weight excluding hydrogens is 382 g/mol. The van der Waals surface area contributed by atoms with Crippen LogP contribution in [0.5, 0.6) is 5.75 Å². The predicted octanol–water partition coefficient (Wildman–Crippen LogP) is 5.46. The van der Waals surface area contributed by atoms with E-state index in [-0.39, 0.29) is 17.1 Å². The highest BCUT2D eigenvalue weighted by atomic mass is 32.2. The van der Waals surface area contributed by atoms with Crippen molar-refractivity contribution in [3.05, 3.63) is 64.6 Å². The van der Waals surface area contributed by atoms with Gasteiger partial charge in [-0.3, -0.25) is 9.59 Å². The van der Waals surface area contributed by atoms with Crippen LogP contribution in [0.4, 0.5) is 5.69 Å². The van der Waals surface area contributed by atoms with E-state index in [0.717, 1.165) is 16.9 Å². The van der Waals surface area contributed by atoms with E-state index in [0.29, 0.717) is 28.7 Å². The number of amides is 2.